The molecule has 0 radical (unpaired) electrons. The Morgan fingerprint density at radius 3 is 2.83 bits per heavy atom. The fourth-order valence-electron chi connectivity index (χ4n) is 1.57. The van der Waals surface area contributed by atoms with E-state index in [9.17, 15) is 4.39 Å². The van der Waals surface area contributed by atoms with Crippen molar-refractivity contribution >= 4 is 5.69 Å². The van der Waals surface area contributed by atoms with Crippen LogP contribution in [0.5, 0.6) is 5.88 Å². The molecule has 0 saturated carbocycles. The van der Waals surface area contributed by atoms with Gasteiger partial charge in [-0.2, -0.15) is 0 Å². The van der Waals surface area contributed by atoms with Crippen molar-refractivity contribution in [3.05, 3.63) is 54.0 Å². The predicted molar refractivity (Wildman–Crippen MR) is 69.1 cm³/mol. The third-order valence-corrected chi connectivity index (χ3v) is 2.41. The summed E-state index contributed by atoms with van der Waals surface area (Å²) in [6, 6.07) is 10.2. The highest BCUT2D eigenvalue weighted by Gasteiger charge is 1.98. The lowest BCUT2D eigenvalue weighted by Gasteiger charge is -2.07. The minimum absolute atomic E-state index is 0.223. The lowest BCUT2D eigenvalue weighted by Crippen LogP contribution is -2.01. The number of rotatable bonds is 5. The van der Waals surface area contributed by atoms with Crippen LogP contribution in [0.2, 0.25) is 0 Å². The molecule has 0 saturated heterocycles. The van der Waals surface area contributed by atoms with E-state index in [1.165, 1.54) is 12.1 Å². The monoisotopic (exact) mass is 246 g/mol. The topological polar surface area (TPSA) is 34.1 Å². The van der Waals surface area contributed by atoms with Crippen LogP contribution in [-0.2, 0) is 6.54 Å². The van der Waals surface area contributed by atoms with E-state index >= 15 is 0 Å². The van der Waals surface area contributed by atoms with E-state index in [2.05, 4.69) is 10.3 Å². The van der Waals surface area contributed by atoms with E-state index in [1.54, 1.807) is 18.3 Å². The summed E-state index contributed by atoms with van der Waals surface area (Å²) in [6.07, 6.45) is 1.70. The molecule has 1 N–H and O–H groups in total. The van der Waals surface area contributed by atoms with Gasteiger partial charge in [-0.05, 0) is 30.7 Å². The molecule has 1 aromatic heterocycles. The highest BCUT2D eigenvalue weighted by atomic mass is 19.1. The Bertz CT molecular complexity index is 499. The number of halogens is 1. The first-order valence-electron chi connectivity index (χ1n) is 5.85. The molecule has 18 heavy (non-hydrogen) atoms. The van der Waals surface area contributed by atoms with Crippen LogP contribution in [0.15, 0.2) is 42.6 Å². The second-order valence-electron chi connectivity index (χ2n) is 3.80. The molecule has 2 aromatic rings. The molecule has 0 fully saturated rings. The summed E-state index contributed by atoms with van der Waals surface area (Å²) in [6.45, 7) is 3.08. The summed E-state index contributed by atoms with van der Waals surface area (Å²) in [7, 11) is 0. The molecule has 0 aliphatic heterocycles. The van der Waals surface area contributed by atoms with E-state index in [4.69, 9.17) is 4.74 Å². The molecule has 94 valence electrons. The number of hydrogen-bond donors (Lipinski definition) is 1. The molecule has 4 heteroatoms. The molecule has 0 atom stereocenters. The van der Waals surface area contributed by atoms with Crippen LogP contribution in [0.25, 0.3) is 0 Å². The number of ether oxygens (including phenoxy) is 1. The molecule has 1 heterocycles. The molecule has 0 amide bonds. The number of pyridine rings is 1. The number of benzene rings is 1. The zero-order valence-corrected chi connectivity index (χ0v) is 10.2. The third kappa shape index (κ3) is 3.45. The minimum Gasteiger partial charge on any atom is -0.478 e. The Kier molecular flexibility index (Phi) is 4.12. The van der Waals surface area contributed by atoms with Gasteiger partial charge < -0.3 is 10.1 Å². The quantitative estimate of drug-likeness (QED) is 0.879. The van der Waals surface area contributed by atoms with Gasteiger partial charge in [-0.15, -0.1) is 0 Å². The Balaban J connectivity index is 1.93. The zero-order chi connectivity index (χ0) is 12.8. The molecule has 0 spiro atoms. The van der Waals surface area contributed by atoms with Gasteiger partial charge in [0.25, 0.3) is 0 Å². The van der Waals surface area contributed by atoms with Gasteiger partial charge in [0.1, 0.15) is 5.82 Å². The van der Waals surface area contributed by atoms with E-state index < -0.39 is 0 Å². The summed E-state index contributed by atoms with van der Waals surface area (Å²) < 4.78 is 18.2. The Labute approximate surface area is 106 Å². The highest BCUT2D eigenvalue weighted by molar-refractivity contribution is 5.42. The lowest BCUT2D eigenvalue weighted by molar-refractivity contribution is 0.327. The Morgan fingerprint density at radius 1 is 1.28 bits per heavy atom. The number of anilines is 1. The van der Waals surface area contributed by atoms with Crippen molar-refractivity contribution in [3.8, 4) is 5.88 Å². The van der Waals surface area contributed by atoms with Crippen LogP contribution in [0.1, 0.15) is 12.5 Å². The average Bonchev–Trinajstić information content (AvgIpc) is 2.38. The predicted octanol–water partition coefficient (Wildman–Crippen LogP) is 3.23. The van der Waals surface area contributed by atoms with Crippen LogP contribution in [0.4, 0.5) is 10.1 Å². The van der Waals surface area contributed by atoms with Gasteiger partial charge in [0, 0.05) is 12.6 Å². The molecule has 2 rings (SSSR count). The first-order chi connectivity index (χ1) is 8.78. The summed E-state index contributed by atoms with van der Waals surface area (Å²) in [5.74, 6) is 0.382. The molecular formula is C14H15FN2O. The van der Waals surface area contributed by atoms with Crippen LogP contribution >= 0.6 is 0 Å². The van der Waals surface area contributed by atoms with Crippen LogP contribution < -0.4 is 10.1 Å². The largest absolute Gasteiger partial charge is 0.478 e. The van der Waals surface area contributed by atoms with Crippen molar-refractivity contribution in [2.24, 2.45) is 0 Å². The Hall–Kier alpha value is -2.10. The van der Waals surface area contributed by atoms with Crippen molar-refractivity contribution in [1.82, 2.24) is 4.98 Å². The summed E-state index contributed by atoms with van der Waals surface area (Å²) in [4.78, 5) is 4.14. The molecule has 0 aliphatic carbocycles. The van der Waals surface area contributed by atoms with Gasteiger partial charge in [-0.25, -0.2) is 9.37 Å². The summed E-state index contributed by atoms with van der Waals surface area (Å²) in [5.41, 5.74) is 1.77. The van der Waals surface area contributed by atoms with Gasteiger partial charge in [0.2, 0.25) is 5.88 Å². The molecule has 0 bridgehead atoms. The third-order valence-electron chi connectivity index (χ3n) is 2.41. The zero-order valence-electron chi connectivity index (χ0n) is 10.2. The van der Waals surface area contributed by atoms with E-state index in [-0.39, 0.29) is 5.82 Å². The highest BCUT2D eigenvalue weighted by Crippen LogP contribution is 2.13. The maximum absolute atomic E-state index is 13.0. The van der Waals surface area contributed by atoms with E-state index in [0.717, 1.165) is 11.3 Å². The van der Waals surface area contributed by atoms with Gasteiger partial charge in [0.05, 0.1) is 18.5 Å². The Morgan fingerprint density at radius 2 is 2.17 bits per heavy atom. The van der Waals surface area contributed by atoms with Crippen molar-refractivity contribution in [1.29, 1.82) is 0 Å². The van der Waals surface area contributed by atoms with Crippen LogP contribution in [0, 0.1) is 5.82 Å². The number of nitrogens with zero attached hydrogens (tertiary/aromatic N) is 1. The van der Waals surface area contributed by atoms with Crippen LogP contribution in [-0.4, -0.2) is 11.6 Å². The van der Waals surface area contributed by atoms with Crippen molar-refractivity contribution in [2.75, 3.05) is 11.9 Å². The van der Waals surface area contributed by atoms with Crippen LogP contribution in [0.3, 0.4) is 0 Å². The maximum Gasteiger partial charge on any atom is 0.213 e. The second-order valence-corrected chi connectivity index (χ2v) is 3.80. The van der Waals surface area contributed by atoms with Gasteiger partial charge in [0.15, 0.2) is 0 Å². The van der Waals surface area contributed by atoms with Crippen molar-refractivity contribution < 1.29 is 9.13 Å². The first-order valence-corrected chi connectivity index (χ1v) is 5.85. The minimum atomic E-state index is -0.223. The standard InChI is InChI=1S/C14H15FN2O/c1-2-18-14-7-6-13(10-17-14)16-9-11-4-3-5-12(15)8-11/h3-8,10,16H,2,9H2,1H3. The van der Waals surface area contributed by atoms with Gasteiger partial charge in [-0.3, -0.25) is 0 Å². The molecule has 0 aliphatic rings. The molecule has 0 unspecified atom stereocenters. The maximum atomic E-state index is 13.0. The van der Waals surface area contributed by atoms with Gasteiger partial charge in [-0.1, -0.05) is 12.1 Å². The van der Waals surface area contributed by atoms with E-state index in [0.29, 0.717) is 19.0 Å². The van der Waals surface area contributed by atoms with Gasteiger partial charge >= 0.3 is 0 Å². The van der Waals surface area contributed by atoms with E-state index in [1.807, 2.05) is 19.1 Å². The second kappa shape index (κ2) is 6.00. The van der Waals surface area contributed by atoms with Crippen molar-refractivity contribution in [2.45, 2.75) is 13.5 Å². The summed E-state index contributed by atoms with van der Waals surface area (Å²) >= 11 is 0. The molecule has 3 nitrogen and oxygen atoms in total. The fraction of sp³-hybridized carbons (Fsp3) is 0.214. The molecular weight excluding hydrogens is 231 g/mol. The smallest absolute Gasteiger partial charge is 0.213 e. The number of nitrogens with one attached hydrogen (secondary N) is 1. The fourth-order valence-corrected chi connectivity index (χ4v) is 1.57. The number of hydrogen-bond acceptors (Lipinski definition) is 3. The van der Waals surface area contributed by atoms with Crippen molar-refractivity contribution in [3.63, 3.8) is 0 Å². The average molecular weight is 246 g/mol. The first kappa shape index (κ1) is 12.4. The normalized spacial score (nSPS) is 10.1. The summed E-state index contributed by atoms with van der Waals surface area (Å²) in [5, 5.41) is 3.17. The lowest BCUT2D eigenvalue weighted by atomic mass is 10.2. The SMILES string of the molecule is CCOc1ccc(NCc2cccc(F)c2)cn1. The molecule has 1 aromatic carbocycles. The number of aromatic nitrogens is 1.